The number of carboxylic acid groups (broad SMARTS) is 1. The zero-order valence-corrected chi connectivity index (χ0v) is 7.81. The monoisotopic (exact) mass is 217 g/mol. The maximum absolute atomic E-state index is 10.3. The standard InChI is InChI=1S/C7H8ClN3O3/c8-4-1-10-3-11-6(4)14-2-5(9)7(12)13/h1,3,5H,2,9H2,(H,12,13). The van der Waals surface area contributed by atoms with E-state index >= 15 is 0 Å². The lowest BCUT2D eigenvalue weighted by Crippen LogP contribution is -2.36. The molecular formula is C7H8ClN3O3. The highest BCUT2D eigenvalue weighted by Crippen LogP contribution is 2.18. The molecular weight excluding hydrogens is 210 g/mol. The zero-order valence-electron chi connectivity index (χ0n) is 7.05. The van der Waals surface area contributed by atoms with E-state index in [1.54, 1.807) is 0 Å². The summed E-state index contributed by atoms with van der Waals surface area (Å²) in [5.74, 6) is -1.02. The van der Waals surface area contributed by atoms with Crippen LogP contribution in [0.4, 0.5) is 0 Å². The Kier molecular flexibility index (Phi) is 3.61. The molecule has 0 aliphatic heterocycles. The lowest BCUT2D eigenvalue weighted by molar-refractivity contribution is -0.139. The van der Waals surface area contributed by atoms with Crippen LogP contribution in [0, 0.1) is 0 Å². The fraction of sp³-hybridized carbons (Fsp3) is 0.286. The van der Waals surface area contributed by atoms with E-state index in [1.165, 1.54) is 12.5 Å². The first-order valence-electron chi connectivity index (χ1n) is 3.68. The van der Waals surface area contributed by atoms with Gasteiger partial charge in [-0.1, -0.05) is 11.6 Å². The highest BCUT2D eigenvalue weighted by atomic mass is 35.5. The summed E-state index contributed by atoms with van der Waals surface area (Å²) in [6.45, 7) is -0.188. The van der Waals surface area contributed by atoms with E-state index in [0.717, 1.165) is 0 Å². The van der Waals surface area contributed by atoms with Gasteiger partial charge in [0.2, 0.25) is 5.88 Å². The van der Waals surface area contributed by atoms with Crippen molar-refractivity contribution in [3.63, 3.8) is 0 Å². The minimum Gasteiger partial charge on any atom is -0.480 e. The number of hydrogen-bond donors (Lipinski definition) is 2. The topological polar surface area (TPSA) is 98.3 Å². The van der Waals surface area contributed by atoms with E-state index in [1.807, 2.05) is 0 Å². The molecule has 1 unspecified atom stereocenters. The average molecular weight is 218 g/mol. The van der Waals surface area contributed by atoms with Crippen LogP contribution in [0.3, 0.4) is 0 Å². The van der Waals surface area contributed by atoms with Crippen LogP contribution < -0.4 is 10.5 Å². The molecule has 0 radical (unpaired) electrons. The average Bonchev–Trinajstić information content (AvgIpc) is 2.16. The molecule has 7 heteroatoms. The zero-order chi connectivity index (χ0) is 10.6. The smallest absolute Gasteiger partial charge is 0.324 e. The predicted molar refractivity (Wildman–Crippen MR) is 48.1 cm³/mol. The van der Waals surface area contributed by atoms with Gasteiger partial charge in [-0.2, -0.15) is 0 Å². The summed E-state index contributed by atoms with van der Waals surface area (Å²) >= 11 is 5.65. The van der Waals surface area contributed by atoms with Crippen molar-refractivity contribution >= 4 is 17.6 Å². The van der Waals surface area contributed by atoms with Gasteiger partial charge in [-0.25, -0.2) is 9.97 Å². The maximum atomic E-state index is 10.3. The molecule has 6 nitrogen and oxygen atoms in total. The molecule has 3 N–H and O–H groups in total. The molecule has 0 fully saturated rings. The van der Waals surface area contributed by atoms with Gasteiger partial charge in [0, 0.05) is 0 Å². The molecule has 0 saturated carbocycles. The van der Waals surface area contributed by atoms with Gasteiger partial charge < -0.3 is 15.6 Å². The molecule has 0 saturated heterocycles. The largest absolute Gasteiger partial charge is 0.480 e. The number of hydrogen-bond acceptors (Lipinski definition) is 5. The Morgan fingerprint density at radius 2 is 2.50 bits per heavy atom. The van der Waals surface area contributed by atoms with E-state index < -0.39 is 12.0 Å². The second kappa shape index (κ2) is 4.73. The summed E-state index contributed by atoms with van der Waals surface area (Å²) < 4.78 is 4.97. The lowest BCUT2D eigenvalue weighted by atomic mass is 10.3. The predicted octanol–water partition coefficient (Wildman–Crippen LogP) is -0.0793. The Bertz CT molecular complexity index is 334. The summed E-state index contributed by atoms with van der Waals surface area (Å²) in [7, 11) is 0. The third kappa shape index (κ3) is 2.82. The molecule has 0 spiro atoms. The highest BCUT2D eigenvalue weighted by Gasteiger charge is 2.13. The lowest BCUT2D eigenvalue weighted by Gasteiger charge is -2.08. The van der Waals surface area contributed by atoms with Crippen LogP contribution in [0.1, 0.15) is 0 Å². The van der Waals surface area contributed by atoms with Crippen LogP contribution in [0.5, 0.6) is 5.88 Å². The fourth-order valence-corrected chi connectivity index (χ4v) is 0.807. The Labute approximate surface area is 84.7 Å². The molecule has 0 aliphatic rings. The normalized spacial score (nSPS) is 12.1. The van der Waals surface area contributed by atoms with Crippen molar-refractivity contribution in [3.05, 3.63) is 17.5 Å². The summed E-state index contributed by atoms with van der Waals surface area (Å²) in [4.78, 5) is 17.7. The molecule has 1 heterocycles. The van der Waals surface area contributed by atoms with Crippen LogP contribution in [0.25, 0.3) is 0 Å². The van der Waals surface area contributed by atoms with Gasteiger partial charge in [0.25, 0.3) is 0 Å². The third-order valence-corrected chi connectivity index (χ3v) is 1.61. The number of ether oxygens (including phenoxy) is 1. The number of aromatic nitrogens is 2. The van der Waals surface area contributed by atoms with Crippen LogP contribution in [-0.4, -0.2) is 33.7 Å². The number of carboxylic acids is 1. The van der Waals surface area contributed by atoms with Crippen molar-refractivity contribution in [2.45, 2.75) is 6.04 Å². The van der Waals surface area contributed by atoms with Crippen LogP contribution >= 0.6 is 11.6 Å². The van der Waals surface area contributed by atoms with Crippen molar-refractivity contribution in [1.82, 2.24) is 9.97 Å². The quantitative estimate of drug-likeness (QED) is 0.732. The van der Waals surface area contributed by atoms with Crippen molar-refractivity contribution in [2.24, 2.45) is 5.73 Å². The molecule has 0 aliphatic carbocycles. The van der Waals surface area contributed by atoms with Gasteiger partial charge in [-0.15, -0.1) is 0 Å². The minimum absolute atomic E-state index is 0.123. The maximum Gasteiger partial charge on any atom is 0.324 e. The number of nitrogens with zero attached hydrogens (tertiary/aromatic N) is 2. The van der Waals surface area contributed by atoms with E-state index in [0.29, 0.717) is 0 Å². The molecule has 0 aromatic carbocycles. The van der Waals surface area contributed by atoms with Gasteiger partial charge >= 0.3 is 5.97 Å². The molecule has 1 aromatic rings. The number of halogens is 1. The Hall–Kier alpha value is -1.40. The Morgan fingerprint density at radius 3 is 3.07 bits per heavy atom. The van der Waals surface area contributed by atoms with Gasteiger partial charge in [-0.3, -0.25) is 4.79 Å². The number of carbonyl (C=O) groups is 1. The summed E-state index contributed by atoms with van der Waals surface area (Å²) in [6, 6.07) is -1.10. The van der Waals surface area contributed by atoms with E-state index in [-0.39, 0.29) is 17.5 Å². The summed E-state index contributed by atoms with van der Waals surface area (Å²) in [6.07, 6.45) is 2.59. The molecule has 1 rings (SSSR count). The first-order chi connectivity index (χ1) is 6.61. The second-order valence-electron chi connectivity index (χ2n) is 2.43. The molecule has 14 heavy (non-hydrogen) atoms. The van der Waals surface area contributed by atoms with Gasteiger partial charge in [0.1, 0.15) is 24.0 Å². The van der Waals surface area contributed by atoms with Crippen molar-refractivity contribution in [1.29, 1.82) is 0 Å². The van der Waals surface area contributed by atoms with Gasteiger partial charge in [0.15, 0.2) is 0 Å². The Balaban J connectivity index is 2.54. The number of aliphatic carboxylic acids is 1. The SMILES string of the molecule is NC(COc1ncncc1Cl)C(=O)O. The van der Waals surface area contributed by atoms with Gasteiger partial charge in [-0.05, 0) is 0 Å². The molecule has 0 amide bonds. The van der Waals surface area contributed by atoms with Crippen molar-refractivity contribution in [2.75, 3.05) is 6.61 Å². The molecule has 76 valence electrons. The van der Waals surface area contributed by atoms with E-state index in [2.05, 4.69) is 9.97 Å². The van der Waals surface area contributed by atoms with Gasteiger partial charge in [0.05, 0.1) is 6.20 Å². The third-order valence-electron chi connectivity index (χ3n) is 1.35. The molecule has 0 bridgehead atoms. The van der Waals surface area contributed by atoms with Crippen LogP contribution in [-0.2, 0) is 4.79 Å². The molecule has 1 atom stereocenters. The van der Waals surface area contributed by atoms with E-state index in [4.69, 9.17) is 27.2 Å². The first kappa shape index (κ1) is 10.7. The Morgan fingerprint density at radius 1 is 1.79 bits per heavy atom. The summed E-state index contributed by atoms with van der Waals surface area (Å²) in [5, 5.41) is 8.67. The van der Waals surface area contributed by atoms with Crippen molar-refractivity contribution in [3.8, 4) is 5.88 Å². The first-order valence-corrected chi connectivity index (χ1v) is 4.05. The second-order valence-corrected chi connectivity index (χ2v) is 2.84. The van der Waals surface area contributed by atoms with Crippen LogP contribution in [0.15, 0.2) is 12.5 Å². The number of nitrogens with two attached hydrogens (primary N) is 1. The fourth-order valence-electron chi connectivity index (χ4n) is 0.648. The summed E-state index contributed by atoms with van der Waals surface area (Å²) in [5.41, 5.74) is 5.20. The highest BCUT2D eigenvalue weighted by molar-refractivity contribution is 6.31. The van der Waals surface area contributed by atoms with Crippen LogP contribution in [0.2, 0.25) is 5.02 Å². The minimum atomic E-state index is -1.14. The van der Waals surface area contributed by atoms with E-state index in [9.17, 15) is 4.79 Å². The number of rotatable bonds is 4. The molecule has 1 aromatic heterocycles. The van der Waals surface area contributed by atoms with Crippen molar-refractivity contribution < 1.29 is 14.6 Å².